The molecule has 0 aliphatic heterocycles. The molecule has 1 amide bonds. The van der Waals surface area contributed by atoms with Gasteiger partial charge in [-0.25, -0.2) is 9.37 Å². The number of hydrogen-bond acceptors (Lipinski definition) is 4. The molecule has 4 aromatic rings. The molecular formula is C24H23FN4OS. The number of carbonyl (C=O) groups excluding carboxylic acids is 1. The molecule has 31 heavy (non-hydrogen) atoms. The number of nitrogens with zero attached hydrogens (tertiary/aromatic N) is 3. The monoisotopic (exact) mass is 434 g/mol. The maximum atomic E-state index is 14.1. The number of amides is 1. The molecular weight excluding hydrogens is 411 g/mol. The van der Waals surface area contributed by atoms with Gasteiger partial charge < -0.3 is 9.88 Å². The minimum absolute atomic E-state index is 0.169. The molecule has 0 aliphatic rings. The molecule has 5 nitrogen and oxygen atoms in total. The molecule has 0 aliphatic carbocycles. The van der Waals surface area contributed by atoms with Crippen LogP contribution in [-0.2, 0) is 10.5 Å². The summed E-state index contributed by atoms with van der Waals surface area (Å²) in [4.78, 5) is 22.1. The lowest BCUT2D eigenvalue weighted by molar-refractivity contribution is -0.119. The molecule has 0 saturated heterocycles. The van der Waals surface area contributed by atoms with E-state index in [1.807, 2.05) is 17.6 Å². The number of fused-ring (bicyclic) bond motifs is 1. The van der Waals surface area contributed by atoms with Crippen LogP contribution in [0, 0.1) is 12.7 Å². The predicted octanol–water partition coefficient (Wildman–Crippen LogP) is 5.76. The topological polar surface area (TPSA) is 59.8 Å². The highest BCUT2D eigenvalue weighted by molar-refractivity contribution is 7.98. The molecule has 0 unspecified atom stereocenters. The zero-order chi connectivity index (χ0) is 21.8. The van der Waals surface area contributed by atoms with Gasteiger partial charge in [-0.2, -0.15) is 0 Å². The number of aromatic nitrogens is 3. The highest BCUT2D eigenvalue weighted by Gasteiger charge is 2.25. The zero-order valence-corrected chi connectivity index (χ0v) is 18.2. The van der Waals surface area contributed by atoms with Crippen LogP contribution in [-0.4, -0.2) is 20.4 Å². The van der Waals surface area contributed by atoms with Gasteiger partial charge in [-0.15, -0.1) is 0 Å². The van der Waals surface area contributed by atoms with Crippen molar-refractivity contribution in [1.82, 2.24) is 14.5 Å². The first-order valence-electron chi connectivity index (χ1n) is 10.1. The van der Waals surface area contributed by atoms with Crippen molar-refractivity contribution in [2.24, 2.45) is 0 Å². The van der Waals surface area contributed by atoms with Gasteiger partial charge in [0.15, 0.2) is 5.16 Å². The Morgan fingerprint density at radius 2 is 1.94 bits per heavy atom. The van der Waals surface area contributed by atoms with Gasteiger partial charge in [0.25, 0.3) is 0 Å². The van der Waals surface area contributed by atoms with Gasteiger partial charge >= 0.3 is 0 Å². The van der Waals surface area contributed by atoms with Crippen LogP contribution in [0.4, 0.5) is 10.1 Å². The predicted molar refractivity (Wildman–Crippen MR) is 123 cm³/mol. The van der Waals surface area contributed by atoms with Crippen molar-refractivity contribution in [2.45, 2.75) is 37.2 Å². The number of imidazole rings is 1. The van der Waals surface area contributed by atoms with E-state index in [9.17, 15) is 9.18 Å². The molecule has 4 rings (SSSR count). The van der Waals surface area contributed by atoms with E-state index in [4.69, 9.17) is 4.98 Å². The quantitative estimate of drug-likeness (QED) is 0.376. The number of halogens is 1. The number of rotatable bonds is 7. The summed E-state index contributed by atoms with van der Waals surface area (Å²) in [5.74, 6) is -0.0210. The first-order valence-corrected chi connectivity index (χ1v) is 11.1. The highest BCUT2D eigenvalue weighted by Crippen LogP contribution is 2.31. The van der Waals surface area contributed by atoms with Gasteiger partial charge in [0.1, 0.15) is 11.9 Å². The summed E-state index contributed by atoms with van der Waals surface area (Å²) in [6.45, 7) is 3.99. The third kappa shape index (κ3) is 4.61. The van der Waals surface area contributed by atoms with Crippen molar-refractivity contribution < 1.29 is 9.18 Å². The van der Waals surface area contributed by atoms with E-state index >= 15 is 0 Å². The molecule has 2 heterocycles. The Hall–Kier alpha value is -3.19. The van der Waals surface area contributed by atoms with Crippen LogP contribution in [0.1, 0.15) is 30.5 Å². The van der Waals surface area contributed by atoms with Crippen LogP contribution in [0.2, 0.25) is 0 Å². The van der Waals surface area contributed by atoms with E-state index in [0.29, 0.717) is 6.42 Å². The summed E-state index contributed by atoms with van der Waals surface area (Å²) in [6, 6.07) is 15.8. The molecule has 7 heteroatoms. The number of pyridine rings is 1. The molecule has 0 bridgehead atoms. The lowest BCUT2D eigenvalue weighted by atomic mass is 10.2. The summed E-state index contributed by atoms with van der Waals surface area (Å²) < 4.78 is 16.0. The maximum Gasteiger partial charge on any atom is 0.247 e. The minimum Gasteiger partial charge on any atom is -0.322 e. The Bertz CT molecular complexity index is 1210. The number of hydrogen-bond donors (Lipinski definition) is 1. The lowest BCUT2D eigenvalue weighted by Crippen LogP contribution is -2.26. The van der Waals surface area contributed by atoms with E-state index in [1.165, 1.54) is 17.2 Å². The van der Waals surface area contributed by atoms with Crippen molar-refractivity contribution in [3.63, 3.8) is 0 Å². The summed E-state index contributed by atoms with van der Waals surface area (Å²) in [7, 11) is 0. The summed E-state index contributed by atoms with van der Waals surface area (Å²) in [6.07, 6.45) is 3.94. The smallest absolute Gasteiger partial charge is 0.247 e. The van der Waals surface area contributed by atoms with Crippen molar-refractivity contribution in [1.29, 1.82) is 0 Å². The standard InChI is InChI=1S/C24H23FN4OS/c1-3-21(23(30)27-19-7-5-4-6-18(19)25)29-22-14-26-13-12-20(22)28-24(29)31-15-17-10-8-16(2)9-11-17/h4-14,21H,3,15H2,1-2H3,(H,27,30)/t21-/m0/s1. The fraction of sp³-hybridized carbons (Fsp3) is 0.208. The van der Waals surface area contributed by atoms with E-state index < -0.39 is 11.9 Å². The maximum absolute atomic E-state index is 14.1. The molecule has 0 spiro atoms. The average Bonchev–Trinajstić information content (AvgIpc) is 3.14. The van der Waals surface area contributed by atoms with Crippen molar-refractivity contribution >= 4 is 34.4 Å². The number of benzene rings is 2. The third-order valence-corrected chi connectivity index (χ3v) is 6.10. The Kier molecular flexibility index (Phi) is 6.32. The fourth-order valence-corrected chi connectivity index (χ4v) is 4.43. The van der Waals surface area contributed by atoms with E-state index in [0.717, 1.165) is 21.9 Å². The Labute approximate surface area is 184 Å². The molecule has 1 atom stereocenters. The molecule has 0 saturated carbocycles. The molecule has 158 valence electrons. The minimum atomic E-state index is -0.547. The van der Waals surface area contributed by atoms with Crippen molar-refractivity contribution in [3.05, 3.63) is 83.9 Å². The Morgan fingerprint density at radius 3 is 2.68 bits per heavy atom. The lowest BCUT2D eigenvalue weighted by Gasteiger charge is -2.20. The van der Waals surface area contributed by atoms with Crippen LogP contribution < -0.4 is 5.32 Å². The second kappa shape index (κ2) is 9.31. The largest absolute Gasteiger partial charge is 0.322 e. The molecule has 0 radical (unpaired) electrons. The molecule has 2 aromatic carbocycles. The second-order valence-corrected chi connectivity index (χ2v) is 8.24. The SMILES string of the molecule is CC[C@@H](C(=O)Nc1ccccc1F)n1c(SCc2ccc(C)cc2)nc2ccncc21. The fourth-order valence-electron chi connectivity index (χ4n) is 3.42. The van der Waals surface area contributed by atoms with Gasteiger partial charge in [-0.05, 0) is 37.1 Å². The van der Waals surface area contributed by atoms with Crippen molar-refractivity contribution in [3.8, 4) is 0 Å². The number of nitrogens with one attached hydrogen (secondary N) is 1. The van der Waals surface area contributed by atoms with E-state index in [2.05, 4.69) is 41.5 Å². The average molecular weight is 435 g/mol. The summed E-state index contributed by atoms with van der Waals surface area (Å²) in [5, 5.41) is 3.46. The number of carbonyl (C=O) groups is 1. The highest BCUT2D eigenvalue weighted by atomic mass is 32.2. The van der Waals surface area contributed by atoms with Crippen LogP contribution in [0.3, 0.4) is 0 Å². The normalized spacial score (nSPS) is 12.1. The number of para-hydroxylation sites is 1. The van der Waals surface area contributed by atoms with Crippen LogP contribution in [0.5, 0.6) is 0 Å². The van der Waals surface area contributed by atoms with Gasteiger partial charge in [-0.3, -0.25) is 9.78 Å². The van der Waals surface area contributed by atoms with Crippen LogP contribution in [0.15, 0.2) is 72.1 Å². The summed E-state index contributed by atoms with van der Waals surface area (Å²) >= 11 is 1.57. The zero-order valence-electron chi connectivity index (χ0n) is 17.4. The van der Waals surface area contributed by atoms with Gasteiger partial charge in [-0.1, -0.05) is 60.6 Å². The van der Waals surface area contributed by atoms with Crippen molar-refractivity contribution in [2.75, 3.05) is 5.32 Å². The molecule has 2 aromatic heterocycles. The summed E-state index contributed by atoms with van der Waals surface area (Å²) in [5.41, 5.74) is 4.12. The Morgan fingerprint density at radius 1 is 1.16 bits per heavy atom. The first-order chi connectivity index (χ1) is 15.1. The van der Waals surface area contributed by atoms with E-state index in [1.54, 1.807) is 42.4 Å². The number of aryl methyl sites for hydroxylation is 1. The Balaban J connectivity index is 1.66. The third-order valence-electron chi connectivity index (χ3n) is 5.08. The molecule has 1 N–H and O–H groups in total. The number of anilines is 1. The molecule has 0 fully saturated rings. The van der Waals surface area contributed by atoms with Crippen LogP contribution in [0.25, 0.3) is 11.0 Å². The second-order valence-electron chi connectivity index (χ2n) is 7.30. The van der Waals surface area contributed by atoms with Gasteiger partial charge in [0, 0.05) is 11.9 Å². The van der Waals surface area contributed by atoms with Gasteiger partial charge in [0.2, 0.25) is 5.91 Å². The first kappa shape index (κ1) is 21.1. The van der Waals surface area contributed by atoms with Gasteiger partial charge in [0.05, 0.1) is 22.9 Å². The van der Waals surface area contributed by atoms with Crippen LogP contribution >= 0.6 is 11.8 Å². The number of thioether (sulfide) groups is 1. The van der Waals surface area contributed by atoms with E-state index in [-0.39, 0.29) is 11.6 Å².